The van der Waals surface area contributed by atoms with Crippen molar-refractivity contribution in [3.05, 3.63) is 34.3 Å². The van der Waals surface area contributed by atoms with E-state index in [-0.39, 0.29) is 11.9 Å². The highest BCUT2D eigenvalue weighted by Gasteiger charge is 2.13. The van der Waals surface area contributed by atoms with E-state index >= 15 is 0 Å². The van der Waals surface area contributed by atoms with Crippen molar-refractivity contribution < 1.29 is 4.79 Å². The lowest BCUT2D eigenvalue weighted by Crippen LogP contribution is -2.39. The minimum atomic E-state index is -0.477. The van der Waals surface area contributed by atoms with Crippen LogP contribution in [0.1, 0.15) is 25.5 Å². The maximum Gasteiger partial charge on any atom is 0.237 e. The Labute approximate surface area is 98.2 Å². The Morgan fingerprint density at radius 3 is 2.53 bits per heavy atom. The summed E-state index contributed by atoms with van der Waals surface area (Å²) < 4.78 is 0.988. The third kappa shape index (κ3) is 3.32. The van der Waals surface area contributed by atoms with E-state index in [9.17, 15) is 4.79 Å². The van der Waals surface area contributed by atoms with Gasteiger partial charge in [0.2, 0.25) is 5.91 Å². The van der Waals surface area contributed by atoms with Crippen molar-refractivity contribution in [2.75, 3.05) is 0 Å². The molecular weight excluding hydrogens is 256 g/mol. The monoisotopic (exact) mass is 270 g/mol. The fourth-order valence-corrected chi connectivity index (χ4v) is 1.88. The highest BCUT2D eigenvalue weighted by Crippen LogP contribution is 2.22. The highest BCUT2D eigenvalue weighted by molar-refractivity contribution is 9.10. The molecule has 1 aromatic rings. The third-order valence-corrected chi connectivity index (χ3v) is 2.87. The fraction of sp³-hybridized carbons (Fsp3) is 0.364. The van der Waals surface area contributed by atoms with Gasteiger partial charge in [0.15, 0.2) is 0 Å². The number of hydrogen-bond acceptors (Lipinski definition) is 2. The zero-order valence-electron chi connectivity index (χ0n) is 8.83. The smallest absolute Gasteiger partial charge is 0.237 e. The van der Waals surface area contributed by atoms with Crippen LogP contribution in [0.3, 0.4) is 0 Å². The number of benzene rings is 1. The first-order valence-electron chi connectivity index (χ1n) is 4.82. The van der Waals surface area contributed by atoms with E-state index in [1.165, 1.54) is 0 Å². The van der Waals surface area contributed by atoms with E-state index in [0.29, 0.717) is 0 Å². The second-order valence-electron chi connectivity index (χ2n) is 3.54. The summed E-state index contributed by atoms with van der Waals surface area (Å²) in [4.78, 5) is 11.4. The molecular formula is C11H15BrN2O. The lowest BCUT2D eigenvalue weighted by molar-refractivity contribution is -0.122. The number of hydrogen-bond donors (Lipinski definition) is 2. The molecule has 2 atom stereocenters. The van der Waals surface area contributed by atoms with Gasteiger partial charge in [0, 0.05) is 4.47 Å². The van der Waals surface area contributed by atoms with Crippen LogP contribution >= 0.6 is 15.9 Å². The van der Waals surface area contributed by atoms with E-state index in [0.717, 1.165) is 10.0 Å². The average Bonchev–Trinajstić information content (AvgIpc) is 2.18. The number of nitrogens with one attached hydrogen (secondary N) is 1. The molecule has 0 aliphatic carbocycles. The molecule has 0 spiro atoms. The van der Waals surface area contributed by atoms with Gasteiger partial charge in [0.05, 0.1) is 12.1 Å². The van der Waals surface area contributed by atoms with Gasteiger partial charge in [-0.1, -0.05) is 34.1 Å². The molecule has 0 saturated heterocycles. The van der Waals surface area contributed by atoms with Crippen LogP contribution in [-0.2, 0) is 4.79 Å². The second-order valence-corrected chi connectivity index (χ2v) is 4.39. The van der Waals surface area contributed by atoms with Gasteiger partial charge in [0.25, 0.3) is 0 Å². The number of amides is 1. The average molecular weight is 271 g/mol. The first-order chi connectivity index (χ1) is 7.02. The van der Waals surface area contributed by atoms with Gasteiger partial charge >= 0.3 is 0 Å². The molecule has 0 aliphatic rings. The summed E-state index contributed by atoms with van der Waals surface area (Å²) >= 11 is 3.44. The first-order valence-corrected chi connectivity index (χ1v) is 5.62. The number of rotatable bonds is 3. The summed E-state index contributed by atoms with van der Waals surface area (Å²) in [6.45, 7) is 3.60. The lowest BCUT2D eigenvalue weighted by Gasteiger charge is -2.17. The molecule has 1 rings (SSSR count). The number of halogens is 1. The van der Waals surface area contributed by atoms with E-state index in [1.807, 2.05) is 31.2 Å². The van der Waals surface area contributed by atoms with Crippen LogP contribution < -0.4 is 11.1 Å². The van der Waals surface area contributed by atoms with Crippen LogP contribution in [0, 0.1) is 0 Å². The summed E-state index contributed by atoms with van der Waals surface area (Å²) in [6, 6.07) is 7.27. The quantitative estimate of drug-likeness (QED) is 0.883. The van der Waals surface area contributed by atoms with E-state index in [4.69, 9.17) is 5.73 Å². The van der Waals surface area contributed by atoms with Crippen LogP contribution in [-0.4, -0.2) is 11.9 Å². The maximum absolute atomic E-state index is 11.4. The zero-order valence-corrected chi connectivity index (χ0v) is 10.4. The van der Waals surface area contributed by atoms with Crippen LogP contribution in [0.15, 0.2) is 28.7 Å². The molecule has 1 aromatic carbocycles. The van der Waals surface area contributed by atoms with Gasteiger partial charge in [-0.15, -0.1) is 0 Å². The Hall–Kier alpha value is -0.870. The first kappa shape index (κ1) is 12.2. The Morgan fingerprint density at radius 1 is 1.40 bits per heavy atom. The van der Waals surface area contributed by atoms with Crippen LogP contribution in [0.2, 0.25) is 0 Å². The molecule has 0 bridgehead atoms. The summed E-state index contributed by atoms with van der Waals surface area (Å²) in [7, 11) is 0. The predicted octanol–water partition coefficient (Wildman–Crippen LogP) is 1.97. The third-order valence-electron chi connectivity index (χ3n) is 2.14. The lowest BCUT2D eigenvalue weighted by atomic mass is 10.1. The highest BCUT2D eigenvalue weighted by atomic mass is 79.9. The molecule has 2 unspecified atom stereocenters. The van der Waals surface area contributed by atoms with Gasteiger partial charge in [-0.3, -0.25) is 4.79 Å². The van der Waals surface area contributed by atoms with Crippen molar-refractivity contribution in [2.24, 2.45) is 5.73 Å². The van der Waals surface area contributed by atoms with Gasteiger partial charge in [-0.2, -0.15) is 0 Å². The van der Waals surface area contributed by atoms with Gasteiger partial charge < -0.3 is 11.1 Å². The van der Waals surface area contributed by atoms with E-state index in [2.05, 4.69) is 21.2 Å². The Kier molecular flexibility index (Phi) is 4.29. The molecule has 1 amide bonds. The normalized spacial score (nSPS) is 14.4. The van der Waals surface area contributed by atoms with Crippen LogP contribution in [0.4, 0.5) is 0 Å². The van der Waals surface area contributed by atoms with Crippen molar-refractivity contribution in [1.29, 1.82) is 0 Å². The van der Waals surface area contributed by atoms with Crippen LogP contribution in [0.5, 0.6) is 0 Å². The standard InChI is InChI=1S/C11H15BrN2O/c1-7(13)11(15)14-8(2)9-5-3-4-6-10(9)12/h3-8H,13H2,1-2H3,(H,14,15). The molecule has 82 valence electrons. The summed E-state index contributed by atoms with van der Waals surface area (Å²) in [6.07, 6.45) is 0. The van der Waals surface area contributed by atoms with Gasteiger partial charge in [-0.25, -0.2) is 0 Å². The zero-order chi connectivity index (χ0) is 11.4. The molecule has 0 aromatic heterocycles. The number of carbonyl (C=O) groups is 1. The Bertz CT molecular complexity index is 352. The molecule has 0 radical (unpaired) electrons. The Morgan fingerprint density at radius 2 is 2.00 bits per heavy atom. The SMILES string of the molecule is CC(N)C(=O)NC(C)c1ccccc1Br. The molecule has 3 nitrogen and oxygen atoms in total. The molecule has 0 saturated carbocycles. The largest absolute Gasteiger partial charge is 0.348 e. The van der Waals surface area contributed by atoms with Crippen molar-refractivity contribution >= 4 is 21.8 Å². The second kappa shape index (κ2) is 5.28. The van der Waals surface area contributed by atoms with Crippen molar-refractivity contribution in [3.8, 4) is 0 Å². The summed E-state index contributed by atoms with van der Waals surface area (Å²) in [5, 5.41) is 2.84. The molecule has 0 aliphatic heterocycles. The molecule has 3 N–H and O–H groups in total. The predicted molar refractivity (Wildman–Crippen MR) is 64.3 cm³/mol. The summed E-state index contributed by atoms with van der Waals surface area (Å²) in [5.41, 5.74) is 6.52. The molecule has 15 heavy (non-hydrogen) atoms. The van der Waals surface area contributed by atoms with E-state index in [1.54, 1.807) is 6.92 Å². The Balaban J connectivity index is 2.73. The minimum absolute atomic E-state index is 0.0425. The maximum atomic E-state index is 11.4. The summed E-state index contributed by atoms with van der Waals surface area (Å²) in [5.74, 6) is -0.141. The van der Waals surface area contributed by atoms with Crippen LogP contribution in [0.25, 0.3) is 0 Å². The van der Waals surface area contributed by atoms with Crippen molar-refractivity contribution in [1.82, 2.24) is 5.32 Å². The van der Waals surface area contributed by atoms with E-state index < -0.39 is 6.04 Å². The minimum Gasteiger partial charge on any atom is -0.348 e. The molecule has 0 heterocycles. The molecule has 0 fully saturated rings. The van der Waals surface area contributed by atoms with Crippen molar-refractivity contribution in [3.63, 3.8) is 0 Å². The topological polar surface area (TPSA) is 55.1 Å². The molecule has 4 heteroatoms. The van der Waals surface area contributed by atoms with Gasteiger partial charge in [-0.05, 0) is 25.5 Å². The number of carbonyl (C=O) groups excluding carboxylic acids is 1. The fourth-order valence-electron chi connectivity index (χ4n) is 1.25. The number of nitrogens with two attached hydrogens (primary N) is 1. The van der Waals surface area contributed by atoms with Crippen molar-refractivity contribution in [2.45, 2.75) is 25.9 Å². The van der Waals surface area contributed by atoms with Gasteiger partial charge in [0.1, 0.15) is 0 Å².